The van der Waals surface area contributed by atoms with Crippen LogP contribution >= 0.6 is 34.3 Å². The monoisotopic (exact) mass is 384 g/mol. The number of hydrogen-bond acceptors (Lipinski definition) is 6. The van der Waals surface area contributed by atoms with Gasteiger partial charge in [-0.25, -0.2) is 4.98 Å². The summed E-state index contributed by atoms with van der Waals surface area (Å²) in [4.78, 5) is 20.0. The summed E-state index contributed by atoms with van der Waals surface area (Å²) in [5.41, 5.74) is 0.819. The number of rotatable bonds is 7. The maximum Gasteiger partial charge on any atom is 0.226 e. The first-order valence-electron chi connectivity index (χ1n) is 8.10. The van der Waals surface area contributed by atoms with Crippen LogP contribution in [0.4, 0.5) is 0 Å². The van der Waals surface area contributed by atoms with Gasteiger partial charge < -0.3 is 15.5 Å². The second-order valence-corrected chi connectivity index (χ2v) is 8.29. The standard InChI is InChI=1S/C16H21ClN4OS2/c17-14-3-2-13(24-14)16-20-12(11-23-16)10-15(22)19-4-1-7-21-8-5-18-6-9-21/h2-3,11,18H,1,4-10H2,(H,19,22). The summed E-state index contributed by atoms with van der Waals surface area (Å²) in [5, 5.41) is 9.20. The number of halogens is 1. The number of thiazole rings is 1. The first-order valence-corrected chi connectivity index (χ1v) is 10.2. The average molecular weight is 385 g/mol. The van der Waals surface area contributed by atoms with E-state index in [4.69, 9.17) is 11.6 Å². The zero-order valence-electron chi connectivity index (χ0n) is 13.4. The molecule has 1 fully saturated rings. The summed E-state index contributed by atoms with van der Waals surface area (Å²) in [6.45, 7) is 6.09. The fourth-order valence-electron chi connectivity index (χ4n) is 2.62. The quantitative estimate of drug-likeness (QED) is 0.720. The van der Waals surface area contributed by atoms with E-state index >= 15 is 0 Å². The zero-order valence-corrected chi connectivity index (χ0v) is 15.8. The van der Waals surface area contributed by atoms with Crippen molar-refractivity contribution in [3.05, 3.63) is 27.5 Å². The molecule has 3 heterocycles. The molecule has 0 bridgehead atoms. The van der Waals surface area contributed by atoms with Crippen LogP contribution in [0.15, 0.2) is 17.5 Å². The molecule has 3 rings (SSSR count). The Hall–Kier alpha value is -0.990. The number of thiophene rings is 1. The molecular formula is C16H21ClN4OS2. The van der Waals surface area contributed by atoms with Gasteiger partial charge in [0.05, 0.1) is 21.3 Å². The number of amides is 1. The molecule has 8 heteroatoms. The summed E-state index contributed by atoms with van der Waals surface area (Å²) < 4.78 is 0.754. The highest BCUT2D eigenvalue weighted by Gasteiger charge is 2.11. The van der Waals surface area contributed by atoms with Gasteiger partial charge >= 0.3 is 0 Å². The second-order valence-electron chi connectivity index (χ2n) is 5.72. The van der Waals surface area contributed by atoms with Gasteiger partial charge in [0.15, 0.2) is 0 Å². The lowest BCUT2D eigenvalue weighted by Gasteiger charge is -2.27. The van der Waals surface area contributed by atoms with Crippen LogP contribution in [-0.2, 0) is 11.2 Å². The highest BCUT2D eigenvalue weighted by Crippen LogP contribution is 2.32. The predicted octanol–water partition coefficient (Wildman–Crippen LogP) is 2.48. The van der Waals surface area contributed by atoms with E-state index in [1.807, 2.05) is 17.5 Å². The van der Waals surface area contributed by atoms with Crippen LogP contribution in [0, 0.1) is 0 Å². The fourth-order valence-corrected chi connectivity index (χ4v) is 4.56. The molecule has 0 unspecified atom stereocenters. The molecular weight excluding hydrogens is 364 g/mol. The Balaban J connectivity index is 1.38. The molecule has 1 aliphatic heterocycles. The Kier molecular flexibility index (Phi) is 6.62. The minimum atomic E-state index is 0.0383. The Labute approximate surface area is 155 Å². The summed E-state index contributed by atoms with van der Waals surface area (Å²) in [6.07, 6.45) is 1.32. The topological polar surface area (TPSA) is 57.3 Å². The van der Waals surface area contributed by atoms with Crippen molar-refractivity contribution in [2.45, 2.75) is 12.8 Å². The van der Waals surface area contributed by atoms with Gasteiger partial charge in [0.25, 0.3) is 0 Å². The maximum atomic E-state index is 12.0. The lowest BCUT2D eigenvalue weighted by atomic mass is 10.3. The summed E-state index contributed by atoms with van der Waals surface area (Å²) in [6, 6.07) is 3.83. The molecule has 0 spiro atoms. The van der Waals surface area contributed by atoms with Crippen molar-refractivity contribution in [2.75, 3.05) is 39.3 Å². The number of hydrogen-bond donors (Lipinski definition) is 2. The van der Waals surface area contributed by atoms with Crippen LogP contribution in [-0.4, -0.2) is 55.1 Å². The Morgan fingerprint density at radius 1 is 1.38 bits per heavy atom. The van der Waals surface area contributed by atoms with Gasteiger partial charge in [-0.15, -0.1) is 22.7 Å². The van der Waals surface area contributed by atoms with Crippen LogP contribution < -0.4 is 10.6 Å². The number of piperazine rings is 1. The van der Waals surface area contributed by atoms with Crippen LogP contribution in [0.1, 0.15) is 12.1 Å². The summed E-state index contributed by atoms with van der Waals surface area (Å²) in [7, 11) is 0. The predicted molar refractivity (Wildman–Crippen MR) is 101 cm³/mol. The largest absolute Gasteiger partial charge is 0.356 e. The smallest absolute Gasteiger partial charge is 0.226 e. The minimum Gasteiger partial charge on any atom is -0.356 e. The van der Waals surface area contributed by atoms with Gasteiger partial charge in [-0.2, -0.15) is 0 Å². The van der Waals surface area contributed by atoms with E-state index < -0.39 is 0 Å². The Morgan fingerprint density at radius 3 is 2.96 bits per heavy atom. The van der Waals surface area contributed by atoms with Gasteiger partial charge in [-0.1, -0.05) is 11.6 Å². The Bertz CT molecular complexity index is 667. The number of carbonyl (C=O) groups is 1. The first-order chi connectivity index (χ1) is 11.7. The van der Waals surface area contributed by atoms with E-state index in [1.54, 1.807) is 11.3 Å². The molecule has 1 aliphatic rings. The molecule has 5 nitrogen and oxygen atoms in total. The summed E-state index contributed by atoms with van der Waals surface area (Å²) >= 11 is 9.01. The fraction of sp³-hybridized carbons (Fsp3) is 0.500. The van der Waals surface area contributed by atoms with Crippen molar-refractivity contribution in [1.82, 2.24) is 20.5 Å². The highest BCUT2D eigenvalue weighted by molar-refractivity contribution is 7.23. The van der Waals surface area contributed by atoms with Crippen LogP contribution in [0.3, 0.4) is 0 Å². The third-order valence-electron chi connectivity index (χ3n) is 3.86. The molecule has 0 aromatic carbocycles. The lowest BCUT2D eigenvalue weighted by molar-refractivity contribution is -0.120. The van der Waals surface area contributed by atoms with E-state index in [1.165, 1.54) is 11.3 Å². The highest BCUT2D eigenvalue weighted by atomic mass is 35.5. The van der Waals surface area contributed by atoms with E-state index in [0.717, 1.165) is 65.6 Å². The SMILES string of the molecule is O=C(Cc1csc(-c2ccc(Cl)s2)n1)NCCCN1CCNCC1. The third-order valence-corrected chi connectivity index (χ3v) is 6.15. The van der Waals surface area contributed by atoms with E-state index in [0.29, 0.717) is 6.42 Å². The minimum absolute atomic E-state index is 0.0383. The van der Waals surface area contributed by atoms with Gasteiger partial charge in [0, 0.05) is 38.1 Å². The van der Waals surface area contributed by atoms with Crippen molar-refractivity contribution in [3.63, 3.8) is 0 Å². The number of aromatic nitrogens is 1. The van der Waals surface area contributed by atoms with E-state index in [9.17, 15) is 4.79 Å². The molecule has 0 atom stereocenters. The summed E-state index contributed by atoms with van der Waals surface area (Å²) in [5.74, 6) is 0.0383. The zero-order chi connectivity index (χ0) is 16.8. The number of nitrogens with zero attached hydrogens (tertiary/aromatic N) is 2. The molecule has 0 radical (unpaired) electrons. The van der Waals surface area contributed by atoms with Crippen LogP contribution in [0.5, 0.6) is 0 Å². The molecule has 130 valence electrons. The average Bonchev–Trinajstić information content (AvgIpc) is 3.21. The molecule has 2 aromatic heterocycles. The molecule has 0 saturated carbocycles. The first kappa shape index (κ1) is 17.8. The van der Waals surface area contributed by atoms with Crippen molar-refractivity contribution in [2.24, 2.45) is 0 Å². The second kappa shape index (κ2) is 8.92. The third kappa shape index (κ3) is 5.26. The maximum absolute atomic E-state index is 12.0. The van der Waals surface area contributed by atoms with Crippen molar-refractivity contribution in [1.29, 1.82) is 0 Å². The van der Waals surface area contributed by atoms with Gasteiger partial charge in [-0.05, 0) is 25.1 Å². The number of nitrogens with one attached hydrogen (secondary N) is 2. The van der Waals surface area contributed by atoms with Crippen LogP contribution in [0.25, 0.3) is 9.88 Å². The molecule has 2 N–H and O–H groups in total. The normalized spacial score (nSPS) is 15.5. The van der Waals surface area contributed by atoms with Gasteiger partial charge in [0.2, 0.25) is 5.91 Å². The molecule has 2 aromatic rings. The van der Waals surface area contributed by atoms with Crippen LogP contribution in [0.2, 0.25) is 4.34 Å². The van der Waals surface area contributed by atoms with Crippen molar-refractivity contribution in [3.8, 4) is 9.88 Å². The lowest BCUT2D eigenvalue weighted by Crippen LogP contribution is -2.44. The van der Waals surface area contributed by atoms with Crippen molar-refractivity contribution >= 4 is 40.2 Å². The molecule has 24 heavy (non-hydrogen) atoms. The van der Waals surface area contributed by atoms with Gasteiger partial charge in [-0.3, -0.25) is 4.79 Å². The molecule has 0 aliphatic carbocycles. The number of carbonyl (C=O) groups excluding carboxylic acids is 1. The molecule has 1 amide bonds. The van der Waals surface area contributed by atoms with Gasteiger partial charge in [0.1, 0.15) is 5.01 Å². The van der Waals surface area contributed by atoms with E-state index in [-0.39, 0.29) is 5.91 Å². The molecule has 1 saturated heterocycles. The Morgan fingerprint density at radius 2 is 2.21 bits per heavy atom. The van der Waals surface area contributed by atoms with E-state index in [2.05, 4.69) is 20.5 Å². The van der Waals surface area contributed by atoms with Crippen molar-refractivity contribution < 1.29 is 4.79 Å².